The molecule has 0 aliphatic carbocycles. The number of aromatic nitrogens is 2. The second-order valence-corrected chi connectivity index (χ2v) is 9.29. The summed E-state index contributed by atoms with van der Waals surface area (Å²) in [7, 11) is 0. The van der Waals surface area contributed by atoms with E-state index in [1.165, 1.54) is 12.4 Å². The predicted octanol–water partition coefficient (Wildman–Crippen LogP) is 5.66. The number of benzene rings is 2. The van der Waals surface area contributed by atoms with Crippen LogP contribution in [0.4, 0.5) is 15.9 Å². The molecule has 3 N–H and O–H groups in total. The smallest absolute Gasteiger partial charge is 0.322 e. The molecule has 9 heteroatoms. The number of ether oxygens (including phenoxy) is 1. The van der Waals surface area contributed by atoms with Crippen molar-refractivity contribution in [3.05, 3.63) is 64.5 Å². The number of carboxylic acids is 1. The summed E-state index contributed by atoms with van der Waals surface area (Å²) in [5.74, 6) is 0.0820. The molecule has 7 nitrogen and oxygen atoms in total. The van der Waals surface area contributed by atoms with Gasteiger partial charge in [-0.25, -0.2) is 14.4 Å². The van der Waals surface area contributed by atoms with Gasteiger partial charge in [0.15, 0.2) is 0 Å². The van der Waals surface area contributed by atoms with Gasteiger partial charge in [0.05, 0.1) is 18.0 Å². The third-order valence-electron chi connectivity index (χ3n) is 5.64. The highest BCUT2D eigenvalue weighted by Gasteiger charge is 2.15. The molecular formula is C26H27FN4O3S. The van der Waals surface area contributed by atoms with Crippen LogP contribution in [0.5, 0.6) is 5.75 Å². The van der Waals surface area contributed by atoms with Gasteiger partial charge in [-0.15, -0.1) is 11.3 Å². The van der Waals surface area contributed by atoms with Crippen molar-refractivity contribution in [2.24, 2.45) is 0 Å². The van der Waals surface area contributed by atoms with Crippen LogP contribution >= 0.6 is 11.3 Å². The van der Waals surface area contributed by atoms with E-state index >= 15 is 0 Å². The molecule has 2 aromatic heterocycles. The van der Waals surface area contributed by atoms with Crippen molar-refractivity contribution in [3.8, 4) is 17.0 Å². The van der Waals surface area contributed by atoms with E-state index in [0.29, 0.717) is 42.5 Å². The summed E-state index contributed by atoms with van der Waals surface area (Å²) >= 11 is 1.63. The van der Waals surface area contributed by atoms with Gasteiger partial charge in [-0.2, -0.15) is 0 Å². The Kier molecular flexibility index (Phi) is 7.45. The average Bonchev–Trinajstić information content (AvgIpc) is 3.18. The highest BCUT2D eigenvalue weighted by Crippen LogP contribution is 2.35. The Hall–Kier alpha value is -3.72. The van der Waals surface area contributed by atoms with Crippen molar-refractivity contribution in [3.63, 3.8) is 0 Å². The van der Waals surface area contributed by atoms with E-state index < -0.39 is 5.97 Å². The summed E-state index contributed by atoms with van der Waals surface area (Å²) in [6.45, 7) is 6.74. The molecule has 2 aromatic carbocycles. The lowest BCUT2D eigenvalue weighted by molar-refractivity contribution is -0.134. The van der Waals surface area contributed by atoms with E-state index in [-0.39, 0.29) is 12.4 Å². The first-order valence-electron chi connectivity index (χ1n) is 11.3. The summed E-state index contributed by atoms with van der Waals surface area (Å²) in [6.07, 6.45) is 2.16. The zero-order valence-corrected chi connectivity index (χ0v) is 20.6. The molecule has 182 valence electrons. The molecule has 0 atom stereocenters. The van der Waals surface area contributed by atoms with Gasteiger partial charge in [0, 0.05) is 33.1 Å². The zero-order valence-electron chi connectivity index (χ0n) is 19.8. The second kappa shape index (κ2) is 10.7. The highest BCUT2D eigenvalue weighted by molar-refractivity contribution is 7.19. The normalized spacial score (nSPS) is 11.0. The van der Waals surface area contributed by atoms with Crippen molar-refractivity contribution in [2.45, 2.75) is 27.2 Å². The largest absolute Gasteiger partial charge is 0.492 e. The number of thiophene rings is 1. The lowest BCUT2D eigenvalue weighted by Gasteiger charge is -2.13. The van der Waals surface area contributed by atoms with Gasteiger partial charge in [-0.1, -0.05) is 12.1 Å². The Morgan fingerprint density at radius 3 is 2.74 bits per heavy atom. The van der Waals surface area contributed by atoms with Crippen molar-refractivity contribution in [1.82, 2.24) is 9.97 Å². The van der Waals surface area contributed by atoms with Crippen LogP contribution in [0.1, 0.15) is 22.9 Å². The van der Waals surface area contributed by atoms with E-state index in [0.717, 1.165) is 31.7 Å². The van der Waals surface area contributed by atoms with Crippen molar-refractivity contribution in [1.29, 1.82) is 0 Å². The molecule has 4 rings (SSSR count). The molecule has 4 aromatic rings. The first-order chi connectivity index (χ1) is 16.9. The number of nitrogens with zero attached hydrogens (tertiary/aromatic N) is 2. The van der Waals surface area contributed by atoms with E-state index in [9.17, 15) is 9.18 Å². The number of halogens is 1. The van der Waals surface area contributed by atoms with E-state index in [4.69, 9.17) is 9.84 Å². The fourth-order valence-electron chi connectivity index (χ4n) is 3.97. The summed E-state index contributed by atoms with van der Waals surface area (Å²) in [5, 5.41) is 15.8. The molecule has 0 aliphatic rings. The molecule has 35 heavy (non-hydrogen) atoms. The third-order valence-corrected chi connectivity index (χ3v) is 6.92. The summed E-state index contributed by atoms with van der Waals surface area (Å²) in [6, 6.07) is 10.7. The summed E-state index contributed by atoms with van der Waals surface area (Å²) in [4.78, 5) is 20.7. The quantitative estimate of drug-likeness (QED) is 0.262. The topological polar surface area (TPSA) is 96.4 Å². The van der Waals surface area contributed by atoms with Crippen molar-refractivity contribution in [2.75, 3.05) is 30.3 Å². The van der Waals surface area contributed by atoms with Crippen LogP contribution in [0.3, 0.4) is 0 Å². The van der Waals surface area contributed by atoms with Crippen LogP contribution in [0.15, 0.2) is 42.7 Å². The first kappa shape index (κ1) is 24.4. The predicted molar refractivity (Wildman–Crippen MR) is 138 cm³/mol. The molecule has 0 saturated heterocycles. The Bertz CT molecular complexity index is 1370. The van der Waals surface area contributed by atoms with Crippen molar-refractivity contribution < 1.29 is 19.0 Å². The highest BCUT2D eigenvalue weighted by atomic mass is 32.1. The van der Waals surface area contributed by atoms with Gasteiger partial charge < -0.3 is 20.5 Å². The number of anilines is 2. The van der Waals surface area contributed by atoms with Gasteiger partial charge in [0.1, 0.15) is 30.3 Å². The second-order valence-electron chi connectivity index (χ2n) is 8.06. The number of carboxylic acid groups (broad SMARTS) is 1. The Morgan fingerprint density at radius 1 is 1.14 bits per heavy atom. The van der Waals surface area contributed by atoms with Gasteiger partial charge >= 0.3 is 5.97 Å². The maximum atomic E-state index is 14.6. The van der Waals surface area contributed by atoms with E-state index in [2.05, 4.69) is 20.6 Å². The number of rotatable bonds is 10. The molecule has 0 spiro atoms. The standard InChI is InChI=1S/C26H27FN4O3S/c1-4-34-22-11-17(6-8-20(22)29-13-24(32)33)21-12-23(31-14-30-21)28-10-9-18-16(3)35-26-15(2)5-7-19(27)25(18)26/h5-8,11-12,14,29H,4,9-10,13H2,1-3H3,(H,32,33)(H,28,30,31). The van der Waals surface area contributed by atoms with Gasteiger partial charge in [0.25, 0.3) is 0 Å². The summed E-state index contributed by atoms with van der Waals surface area (Å²) < 4.78 is 21.3. The van der Waals surface area contributed by atoms with Crippen LogP contribution in [0.2, 0.25) is 0 Å². The Labute approximate surface area is 207 Å². The SMILES string of the molecule is CCOc1cc(-c2cc(NCCc3c(C)sc4c(C)ccc(F)c34)ncn2)ccc1NCC(=O)O. The van der Waals surface area contributed by atoms with Gasteiger partial charge in [0.2, 0.25) is 0 Å². The maximum absolute atomic E-state index is 14.6. The lowest BCUT2D eigenvalue weighted by atomic mass is 10.1. The van der Waals surface area contributed by atoms with Crippen LogP contribution in [0.25, 0.3) is 21.3 Å². The van der Waals surface area contributed by atoms with Crippen LogP contribution in [-0.2, 0) is 11.2 Å². The molecule has 0 aliphatic heterocycles. The Morgan fingerprint density at radius 2 is 1.97 bits per heavy atom. The van der Waals surface area contributed by atoms with Crippen molar-refractivity contribution >= 4 is 38.9 Å². The monoisotopic (exact) mass is 494 g/mol. The minimum atomic E-state index is -0.952. The number of fused-ring (bicyclic) bond motifs is 1. The zero-order chi connectivity index (χ0) is 24.9. The minimum Gasteiger partial charge on any atom is -0.492 e. The molecule has 0 bridgehead atoms. The van der Waals surface area contributed by atoms with Crippen LogP contribution < -0.4 is 15.4 Å². The first-order valence-corrected chi connectivity index (χ1v) is 12.1. The average molecular weight is 495 g/mol. The summed E-state index contributed by atoms with van der Waals surface area (Å²) in [5.41, 5.74) is 4.24. The number of hydrogen-bond donors (Lipinski definition) is 3. The molecule has 0 unspecified atom stereocenters. The molecule has 0 fully saturated rings. The van der Waals surface area contributed by atoms with Crippen LogP contribution in [0, 0.1) is 19.7 Å². The lowest BCUT2D eigenvalue weighted by Crippen LogP contribution is -2.13. The van der Waals surface area contributed by atoms with Crippen LogP contribution in [-0.4, -0.2) is 40.7 Å². The van der Waals surface area contributed by atoms with Gasteiger partial charge in [-0.3, -0.25) is 4.79 Å². The third kappa shape index (κ3) is 5.51. The Balaban J connectivity index is 1.50. The molecule has 0 saturated carbocycles. The molecular weight excluding hydrogens is 467 g/mol. The van der Waals surface area contributed by atoms with E-state index in [1.807, 2.05) is 45.0 Å². The number of nitrogens with one attached hydrogen (secondary N) is 2. The molecule has 2 heterocycles. The molecule has 0 amide bonds. The van der Waals surface area contributed by atoms with Gasteiger partial charge in [-0.05, 0) is 56.5 Å². The minimum absolute atomic E-state index is 0.180. The maximum Gasteiger partial charge on any atom is 0.322 e. The number of aryl methyl sites for hydroxylation is 2. The number of aliphatic carboxylic acids is 1. The fourth-order valence-corrected chi connectivity index (χ4v) is 5.15. The fraction of sp³-hybridized carbons (Fsp3) is 0.269. The number of hydrogen-bond acceptors (Lipinski definition) is 7. The number of carbonyl (C=O) groups is 1. The molecule has 0 radical (unpaired) electrons. The van der Waals surface area contributed by atoms with E-state index in [1.54, 1.807) is 17.4 Å².